The molecule has 1 heterocycles. The predicted molar refractivity (Wildman–Crippen MR) is 285 cm³/mol. The van der Waals surface area contributed by atoms with Crippen LogP contribution in [-0.4, -0.2) is 113 Å². The smallest absolute Gasteiger partial charge is 0.455 e. The Labute approximate surface area is 546 Å². The summed E-state index contributed by atoms with van der Waals surface area (Å²) < 4.78 is 67.7. The van der Waals surface area contributed by atoms with Crippen molar-refractivity contribution in [3.8, 4) is 0 Å². The van der Waals surface area contributed by atoms with Gasteiger partial charge in [-0.3, -0.25) is 23.2 Å². The summed E-state index contributed by atoms with van der Waals surface area (Å²) in [5, 5.41) is 42.6. The molecule has 11 atom stereocenters. The van der Waals surface area contributed by atoms with Gasteiger partial charge in [-0.15, -0.1) is 0 Å². The molecule has 0 aromatic heterocycles. The van der Waals surface area contributed by atoms with Crippen LogP contribution >= 0.6 is 7.82 Å². The molecule has 9 rings (SSSR count). The van der Waals surface area contributed by atoms with Crippen LogP contribution in [0.4, 0.5) is 4.79 Å². The quantitative estimate of drug-likeness (QED) is 0.0201. The molecule has 0 spiro atoms. The number of carbonyl (C=O) groups excluding carboxylic acids is 5. The van der Waals surface area contributed by atoms with Crippen LogP contribution < -0.4 is 5.32 Å². The first-order chi connectivity index (χ1) is 38.2. The maximum Gasteiger partial charge on any atom is 0.508 e. The number of rotatable bonds is 19. The van der Waals surface area contributed by atoms with E-state index in [0.29, 0.717) is 16.7 Å². The summed E-state index contributed by atoms with van der Waals surface area (Å²) in [7, 11) is -3.47. The molecule has 2 saturated carbocycles. The Kier molecular flexibility index (Phi) is 22.0. The number of hydrogen-bond acceptors (Lipinski definition) is 18. The molecule has 19 nitrogen and oxygen atoms in total. The maximum absolute atomic E-state index is 15.9. The van der Waals surface area contributed by atoms with Crippen LogP contribution in [-0.2, 0) is 69.4 Å². The minimum Gasteiger partial charge on any atom is -0.455 e. The molecule has 428 valence electrons. The van der Waals surface area contributed by atoms with Crippen LogP contribution in [0.15, 0.2) is 163 Å². The van der Waals surface area contributed by atoms with Gasteiger partial charge in [0.2, 0.25) is 6.10 Å². The summed E-state index contributed by atoms with van der Waals surface area (Å²) in [5.41, 5.74) is -6.57. The van der Waals surface area contributed by atoms with Gasteiger partial charge in [-0.2, -0.15) is 0 Å². The molecule has 2 radical (unpaired) electrons. The number of phosphoric acid groups is 1. The summed E-state index contributed by atoms with van der Waals surface area (Å²) >= 11 is 0. The normalized spacial score (nSPS) is 26.9. The zero-order chi connectivity index (χ0) is 57.0. The standard InChI is InChI=1S/C60H64NO18P.2Ac/c1-37-43(77-55(66)49(78-56(67)71-5)47(40-25-15-8-16-26-40)61-53(64)41-27-17-9-18-28-41)32-60(69)52(79-54(65)42-29-19-10-20-30-42)50-58(4,51(63)48(62)46(37)57(60,2)3)44(31-45-59(50,68)35-72-45)73-36-76-80(70,74-33-38-21-11-6-12-22-38)75-34-39-23-13-7-14-24-39;;/h6-30,43-45,47-50,52,62,68-69H,31-36H2,1-5H3,(H,61,64);;/t43?,44?,45?,47?,48?,49?,50?,52?,58-,59+,60?;;/m1../s1. The van der Waals surface area contributed by atoms with E-state index in [1.54, 1.807) is 127 Å². The molecule has 1 aliphatic heterocycles. The van der Waals surface area contributed by atoms with E-state index in [4.69, 9.17) is 42.0 Å². The van der Waals surface area contributed by atoms with Gasteiger partial charge in [-0.1, -0.05) is 141 Å². The van der Waals surface area contributed by atoms with Crippen LogP contribution in [0.1, 0.15) is 84.0 Å². The first kappa shape index (κ1) is 65.5. The number of esters is 2. The monoisotopic (exact) mass is 1570 g/mol. The van der Waals surface area contributed by atoms with Crippen molar-refractivity contribution in [2.24, 2.45) is 16.7 Å². The molecule has 2 bridgehead atoms. The largest absolute Gasteiger partial charge is 0.508 e. The molecule has 5 aromatic rings. The summed E-state index contributed by atoms with van der Waals surface area (Å²) in [4.78, 5) is 72.3. The summed E-state index contributed by atoms with van der Waals surface area (Å²) in [5.74, 6) is -5.50. The topological polar surface area (TPSA) is 258 Å². The van der Waals surface area contributed by atoms with E-state index in [-0.39, 0.29) is 130 Å². The number of aliphatic hydroxyl groups is 3. The Morgan fingerprint density at radius 3 is 1.79 bits per heavy atom. The summed E-state index contributed by atoms with van der Waals surface area (Å²) in [6, 6.07) is 40.4. The number of nitrogens with one attached hydrogen (secondary N) is 1. The van der Waals surface area contributed by atoms with Gasteiger partial charge in [-0.05, 0) is 65.9 Å². The second-order valence-electron chi connectivity index (χ2n) is 21.1. The fourth-order valence-corrected chi connectivity index (χ4v) is 12.8. The number of hydrogen-bond donors (Lipinski definition) is 4. The van der Waals surface area contributed by atoms with Crippen molar-refractivity contribution in [3.63, 3.8) is 0 Å². The number of ketones is 1. The van der Waals surface area contributed by atoms with Crippen molar-refractivity contribution < 1.29 is 174 Å². The van der Waals surface area contributed by atoms with Gasteiger partial charge in [0, 0.05) is 118 Å². The van der Waals surface area contributed by atoms with Gasteiger partial charge in [-0.25, -0.2) is 18.9 Å². The van der Waals surface area contributed by atoms with Crippen LogP contribution in [0.5, 0.6) is 0 Å². The van der Waals surface area contributed by atoms with E-state index < -0.39 is 128 Å². The Hall–Kier alpha value is -4.02. The Morgan fingerprint density at radius 1 is 0.744 bits per heavy atom. The van der Waals surface area contributed by atoms with Crippen molar-refractivity contribution in [2.75, 3.05) is 20.5 Å². The van der Waals surface area contributed by atoms with Crippen molar-refractivity contribution in [1.29, 1.82) is 0 Å². The van der Waals surface area contributed by atoms with Gasteiger partial charge in [0.15, 0.2) is 12.6 Å². The first-order valence-corrected chi connectivity index (χ1v) is 27.5. The van der Waals surface area contributed by atoms with Crippen LogP contribution in [0.3, 0.4) is 0 Å². The van der Waals surface area contributed by atoms with E-state index in [0.717, 1.165) is 7.11 Å². The second kappa shape index (κ2) is 27.6. The van der Waals surface area contributed by atoms with Gasteiger partial charge in [0.25, 0.3) is 5.91 Å². The predicted octanol–water partition coefficient (Wildman–Crippen LogP) is 7.92. The number of carbonyl (C=O) groups is 5. The second-order valence-corrected chi connectivity index (χ2v) is 22.8. The van der Waals surface area contributed by atoms with Gasteiger partial charge >= 0.3 is 25.9 Å². The van der Waals surface area contributed by atoms with Crippen molar-refractivity contribution >= 4 is 37.6 Å². The van der Waals surface area contributed by atoms with Gasteiger partial charge < -0.3 is 49.1 Å². The SMILES string of the molecule is COC(=O)OC(C(=O)OC1CC2(O)C(OC(=O)c3ccccc3)C3[C@]4(O)COC4CC(OCOP(=O)(OCc4ccccc4)OCc4ccccc4)[C@@]3(C)C(=O)C(O)C(=C1C)C2(C)C)C(NC(=O)c1ccccc1)c1ccccc1.[Ac].[Ac]. The fourth-order valence-electron chi connectivity index (χ4n) is 11.8. The molecule has 3 fully saturated rings. The van der Waals surface area contributed by atoms with Crippen LogP contribution in [0.2, 0.25) is 0 Å². The van der Waals surface area contributed by atoms with Crippen molar-refractivity contribution in [2.45, 2.75) is 108 Å². The van der Waals surface area contributed by atoms with E-state index in [2.05, 4.69) is 5.32 Å². The molecule has 4 N–H and O–H groups in total. The number of aliphatic hydroxyl groups excluding tert-OH is 1. The molecular weight excluding hydrogens is 1510 g/mol. The van der Waals surface area contributed by atoms with E-state index >= 15 is 4.79 Å². The van der Waals surface area contributed by atoms with E-state index in [9.17, 15) is 39.1 Å². The Morgan fingerprint density at radius 2 is 1.27 bits per heavy atom. The zero-order valence-electron chi connectivity index (χ0n) is 45.9. The van der Waals surface area contributed by atoms with Crippen LogP contribution in [0, 0.1) is 105 Å². The fraction of sp³-hybridized carbons (Fsp3) is 0.383. The molecule has 4 aliphatic rings. The number of methoxy groups -OCH3 is 1. The van der Waals surface area contributed by atoms with Crippen LogP contribution in [0.25, 0.3) is 0 Å². The Balaban J connectivity index is 0.00000484. The van der Waals surface area contributed by atoms with Gasteiger partial charge in [0.1, 0.15) is 35.6 Å². The number of amides is 1. The third-order valence-electron chi connectivity index (χ3n) is 16.2. The summed E-state index contributed by atoms with van der Waals surface area (Å²) in [6.45, 7) is 4.36. The molecule has 1 amide bonds. The maximum atomic E-state index is 15.9. The average Bonchev–Trinajstić information content (AvgIpc) is 1.23. The Bertz CT molecular complexity index is 3080. The minimum atomic E-state index is -4.50. The molecule has 3 aliphatic carbocycles. The molecule has 5 aromatic carbocycles. The van der Waals surface area contributed by atoms with Crippen molar-refractivity contribution in [1.82, 2.24) is 5.32 Å². The zero-order valence-corrected chi connectivity index (χ0v) is 56.2. The number of Topliss-reactive ketones (excluding diaryl/α,β-unsaturated/α-hetero) is 1. The molecule has 82 heavy (non-hydrogen) atoms. The van der Waals surface area contributed by atoms with Gasteiger partial charge in [0.05, 0.1) is 50.1 Å². The van der Waals surface area contributed by atoms with E-state index in [1.165, 1.54) is 39.8 Å². The summed E-state index contributed by atoms with van der Waals surface area (Å²) in [6.07, 6.45) is -12.3. The third-order valence-corrected chi connectivity index (χ3v) is 17.5. The number of ether oxygens (including phenoxy) is 6. The number of benzene rings is 5. The molecule has 22 heteroatoms. The van der Waals surface area contributed by atoms with E-state index in [1.807, 2.05) is 12.1 Å². The number of fused-ring (bicyclic) bond motifs is 5. The average molecular weight is 1570 g/mol. The number of phosphoric ester groups is 1. The van der Waals surface area contributed by atoms with Crippen molar-refractivity contribution in [3.05, 3.63) is 191 Å². The minimum absolute atomic E-state index is 0. The molecule has 9 unspecified atom stereocenters. The molecular formula is C60H64Ac2NO18P. The molecule has 1 saturated heterocycles. The first-order valence-electron chi connectivity index (χ1n) is 26.1. The third kappa shape index (κ3) is 13.3.